The molecular formula is C16H9Cl3O2. The summed E-state index contributed by atoms with van der Waals surface area (Å²) < 4.78 is 5.36. The highest BCUT2D eigenvalue weighted by Crippen LogP contribution is 2.33. The molecule has 1 aromatic heterocycles. The van der Waals surface area contributed by atoms with Crippen molar-refractivity contribution in [3.63, 3.8) is 0 Å². The van der Waals surface area contributed by atoms with Gasteiger partial charge in [0.05, 0.1) is 10.6 Å². The zero-order valence-electron chi connectivity index (χ0n) is 10.9. The van der Waals surface area contributed by atoms with Gasteiger partial charge in [-0.25, -0.2) is 4.79 Å². The number of rotatable bonds is 1. The third-order valence-corrected chi connectivity index (χ3v) is 4.11. The summed E-state index contributed by atoms with van der Waals surface area (Å²) in [6, 6.07) is 10.1. The molecule has 0 unspecified atom stereocenters. The van der Waals surface area contributed by atoms with Crippen molar-refractivity contribution in [1.29, 1.82) is 0 Å². The van der Waals surface area contributed by atoms with E-state index in [-0.39, 0.29) is 0 Å². The van der Waals surface area contributed by atoms with E-state index in [1.165, 1.54) is 0 Å². The van der Waals surface area contributed by atoms with Gasteiger partial charge < -0.3 is 4.42 Å². The van der Waals surface area contributed by atoms with Crippen LogP contribution in [0.3, 0.4) is 0 Å². The lowest BCUT2D eigenvalue weighted by molar-refractivity contribution is 0.562. The van der Waals surface area contributed by atoms with Crippen molar-refractivity contribution in [3.8, 4) is 11.1 Å². The molecule has 0 spiro atoms. The largest absolute Gasteiger partial charge is 0.422 e. The molecule has 106 valence electrons. The average Bonchev–Trinajstić information content (AvgIpc) is 2.42. The minimum Gasteiger partial charge on any atom is -0.422 e. The summed E-state index contributed by atoms with van der Waals surface area (Å²) in [6.07, 6.45) is 0. The monoisotopic (exact) mass is 338 g/mol. The third kappa shape index (κ3) is 2.55. The van der Waals surface area contributed by atoms with Crippen LogP contribution in [0, 0.1) is 6.92 Å². The van der Waals surface area contributed by atoms with Gasteiger partial charge in [0.1, 0.15) is 5.58 Å². The molecule has 0 saturated carbocycles. The van der Waals surface area contributed by atoms with Crippen molar-refractivity contribution >= 4 is 45.8 Å². The highest BCUT2D eigenvalue weighted by Gasteiger charge is 2.16. The van der Waals surface area contributed by atoms with Crippen LogP contribution in [0.5, 0.6) is 0 Å². The van der Waals surface area contributed by atoms with Crippen LogP contribution in [0.15, 0.2) is 45.6 Å². The lowest BCUT2D eigenvalue weighted by Crippen LogP contribution is -2.06. The fraction of sp³-hybridized carbons (Fsp3) is 0.0625. The molecule has 0 aliphatic carbocycles. The van der Waals surface area contributed by atoms with E-state index in [0.29, 0.717) is 31.8 Å². The van der Waals surface area contributed by atoms with E-state index in [1.807, 2.05) is 6.92 Å². The van der Waals surface area contributed by atoms with E-state index in [0.717, 1.165) is 10.9 Å². The molecule has 2 aromatic carbocycles. The van der Waals surface area contributed by atoms with Gasteiger partial charge in [-0.05, 0) is 42.8 Å². The zero-order chi connectivity index (χ0) is 15.1. The van der Waals surface area contributed by atoms with Crippen LogP contribution in [-0.4, -0.2) is 0 Å². The predicted octanol–water partition coefficient (Wildman–Crippen LogP) is 5.73. The molecular weight excluding hydrogens is 331 g/mol. The molecule has 0 aliphatic heterocycles. The van der Waals surface area contributed by atoms with Crippen molar-refractivity contribution in [2.24, 2.45) is 0 Å². The quantitative estimate of drug-likeness (QED) is 0.530. The molecule has 3 aromatic rings. The van der Waals surface area contributed by atoms with Crippen molar-refractivity contribution in [2.75, 3.05) is 0 Å². The van der Waals surface area contributed by atoms with E-state index in [9.17, 15) is 4.79 Å². The number of aryl methyl sites for hydroxylation is 1. The number of fused-ring (bicyclic) bond motifs is 1. The van der Waals surface area contributed by atoms with Crippen LogP contribution < -0.4 is 5.63 Å². The Hall–Kier alpha value is -1.48. The maximum Gasteiger partial charge on any atom is 0.344 e. The van der Waals surface area contributed by atoms with Gasteiger partial charge in [0.15, 0.2) is 0 Å². The number of benzene rings is 2. The predicted molar refractivity (Wildman–Crippen MR) is 87.7 cm³/mol. The summed E-state index contributed by atoms with van der Waals surface area (Å²) in [6.45, 7) is 1.84. The topological polar surface area (TPSA) is 30.2 Å². The second-order valence-corrected chi connectivity index (χ2v) is 5.93. The second kappa shape index (κ2) is 5.38. The van der Waals surface area contributed by atoms with E-state index in [2.05, 4.69) is 0 Å². The lowest BCUT2D eigenvalue weighted by Gasteiger charge is -2.10. The van der Waals surface area contributed by atoms with Crippen LogP contribution in [0.4, 0.5) is 0 Å². The maximum absolute atomic E-state index is 12.3. The van der Waals surface area contributed by atoms with Gasteiger partial charge >= 0.3 is 5.63 Å². The maximum atomic E-state index is 12.3. The van der Waals surface area contributed by atoms with Crippen molar-refractivity contribution in [3.05, 3.63) is 67.4 Å². The van der Waals surface area contributed by atoms with Crippen LogP contribution in [0.25, 0.3) is 22.1 Å². The van der Waals surface area contributed by atoms with Crippen LogP contribution in [-0.2, 0) is 0 Å². The summed E-state index contributed by atoms with van der Waals surface area (Å²) in [4.78, 5) is 12.3. The summed E-state index contributed by atoms with van der Waals surface area (Å²) in [7, 11) is 0. The molecule has 0 radical (unpaired) electrons. The molecule has 0 fully saturated rings. The SMILES string of the molecule is Cc1c(-c2ccc(Cl)cc2Cl)c(=O)oc2ccc(Cl)cc12. The van der Waals surface area contributed by atoms with Crippen LogP contribution in [0.1, 0.15) is 5.56 Å². The Morgan fingerprint density at radius 3 is 2.33 bits per heavy atom. The first-order valence-corrected chi connectivity index (χ1v) is 7.29. The Morgan fingerprint density at radius 2 is 1.62 bits per heavy atom. The first-order chi connectivity index (χ1) is 9.97. The lowest BCUT2D eigenvalue weighted by atomic mass is 9.99. The van der Waals surface area contributed by atoms with Crippen molar-refractivity contribution in [2.45, 2.75) is 6.92 Å². The first kappa shape index (κ1) is 14.5. The Kier molecular flexibility index (Phi) is 3.70. The Morgan fingerprint density at radius 1 is 0.952 bits per heavy atom. The van der Waals surface area contributed by atoms with Gasteiger partial charge in [0.25, 0.3) is 0 Å². The molecule has 3 rings (SSSR count). The molecule has 5 heteroatoms. The molecule has 0 amide bonds. The summed E-state index contributed by atoms with van der Waals surface area (Å²) >= 11 is 18.1. The van der Waals surface area contributed by atoms with Crippen molar-refractivity contribution in [1.82, 2.24) is 0 Å². The Bertz CT molecular complexity index is 913. The molecule has 0 saturated heterocycles. The Labute approximate surface area is 135 Å². The molecule has 1 heterocycles. The highest BCUT2D eigenvalue weighted by atomic mass is 35.5. The molecule has 0 aliphatic rings. The van der Waals surface area contributed by atoms with Crippen LogP contribution >= 0.6 is 34.8 Å². The Balaban J connectivity index is 2.39. The average molecular weight is 340 g/mol. The van der Waals surface area contributed by atoms with Gasteiger partial charge in [-0.1, -0.05) is 40.9 Å². The molecule has 0 bridgehead atoms. The fourth-order valence-corrected chi connectivity index (χ4v) is 3.00. The van der Waals surface area contributed by atoms with Gasteiger partial charge in [-0.2, -0.15) is 0 Å². The molecule has 21 heavy (non-hydrogen) atoms. The van der Waals surface area contributed by atoms with E-state index in [4.69, 9.17) is 39.2 Å². The zero-order valence-corrected chi connectivity index (χ0v) is 13.2. The van der Waals surface area contributed by atoms with Gasteiger partial charge in [0.2, 0.25) is 0 Å². The van der Waals surface area contributed by atoms with Crippen LogP contribution in [0.2, 0.25) is 15.1 Å². The van der Waals surface area contributed by atoms with E-state index < -0.39 is 5.63 Å². The van der Waals surface area contributed by atoms with E-state index >= 15 is 0 Å². The second-order valence-electron chi connectivity index (χ2n) is 4.65. The summed E-state index contributed by atoms with van der Waals surface area (Å²) in [5, 5.41) is 2.27. The molecule has 2 nitrogen and oxygen atoms in total. The number of hydrogen-bond acceptors (Lipinski definition) is 2. The first-order valence-electron chi connectivity index (χ1n) is 6.16. The highest BCUT2D eigenvalue weighted by molar-refractivity contribution is 6.36. The normalized spacial score (nSPS) is 11.0. The summed E-state index contributed by atoms with van der Waals surface area (Å²) in [5.41, 5.74) is 1.84. The summed E-state index contributed by atoms with van der Waals surface area (Å²) in [5.74, 6) is 0. The van der Waals surface area contributed by atoms with Gasteiger partial charge in [-0.3, -0.25) is 0 Å². The van der Waals surface area contributed by atoms with E-state index in [1.54, 1.807) is 36.4 Å². The van der Waals surface area contributed by atoms with Gasteiger partial charge in [-0.15, -0.1) is 0 Å². The molecule has 0 N–H and O–H groups in total. The minimum absolute atomic E-state index is 0.402. The number of hydrogen-bond donors (Lipinski definition) is 0. The molecule has 0 atom stereocenters. The standard InChI is InChI=1S/C16H9Cl3O2/c1-8-12-6-9(17)3-5-14(12)21-16(20)15(8)11-4-2-10(18)7-13(11)19/h2-7H,1H3. The van der Waals surface area contributed by atoms with Gasteiger partial charge in [0, 0.05) is 21.0 Å². The fourth-order valence-electron chi connectivity index (χ4n) is 2.33. The minimum atomic E-state index is -0.438. The number of halogens is 3. The smallest absolute Gasteiger partial charge is 0.344 e. The third-order valence-electron chi connectivity index (χ3n) is 3.33. The van der Waals surface area contributed by atoms with Crippen molar-refractivity contribution < 1.29 is 4.42 Å².